The third kappa shape index (κ3) is 4.77. The molecule has 0 bridgehead atoms. The third-order valence-electron chi connectivity index (χ3n) is 4.06. The topological polar surface area (TPSA) is 62.3 Å². The molecule has 2 amide bonds. The molecule has 2 heterocycles. The molecule has 2 rings (SSSR count). The highest BCUT2D eigenvalue weighted by atomic mass is 32.1. The molecule has 1 aliphatic heterocycles. The largest absolute Gasteiger partial charge is 0.350 e. The highest BCUT2D eigenvalue weighted by Gasteiger charge is 2.32. The van der Waals surface area contributed by atoms with Gasteiger partial charge >= 0.3 is 0 Å². The van der Waals surface area contributed by atoms with Crippen LogP contribution in [0.2, 0.25) is 0 Å². The molecule has 1 atom stereocenters. The molecule has 6 heteroatoms. The Balaban J connectivity index is 1.98. The lowest BCUT2D eigenvalue weighted by molar-refractivity contribution is -0.140. The van der Waals surface area contributed by atoms with E-state index in [0.717, 1.165) is 36.6 Å². The zero-order valence-electron chi connectivity index (χ0n) is 14.5. The lowest BCUT2D eigenvalue weighted by Gasteiger charge is -2.35. The van der Waals surface area contributed by atoms with E-state index in [1.807, 2.05) is 38.0 Å². The fourth-order valence-electron chi connectivity index (χ4n) is 2.74. The van der Waals surface area contributed by atoms with E-state index in [1.165, 1.54) is 0 Å². The number of amides is 2. The van der Waals surface area contributed by atoms with E-state index in [4.69, 9.17) is 0 Å². The molecule has 5 nitrogen and oxygen atoms in total. The van der Waals surface area contributed by atoms with Crippen molar-refractivity contribution in [3.8, 4) is 0 Å². The number of aromatic nitrogens is 1. The minimum atomic E-state index is -0.333. The minimum absolute atomic E-state index is 0.0409. The lowest BCUT2D eigenvalue weighted by atomic mass is 9.91. The van der Waals surface area contributed by atoms with Gasteiger partial charge in [0, 0.05) is 36.2 Å². The second-order valence-corrected chi connectivity index (χ2v) is 8.04. The average Bonchev–Trinajstić information content (AvgIpc) is 3.00. The second kappa shape index (κ2) is 7.43. The first-order valence-electron chi connectivity index (χ1n) is 8.31. The van der Waals surface area contributed by atoms with Crippen molar-refractivity contribution < 1.29 is 9.59 Å². The van der Waals surface area contributed by atoms with Crippen LogP contribution in [0.1, 0.15) is 63.6 Å². The summed E-state index contributed by atoms with van der Waals surface area (Å²) in [5.41, 5.74) is 0.575. The van der Waals surface area contributed by atoms with Crippen LogP contribution in [0.25, 0.3) is 0 Å². The van der Waals surface area contributed by atoms with Gasteiger partial charge in [0.1, 0.15) is 0 Å². The van der Waals surface area contributed by atoms with Crippen molar-refractivity contribution in [2.45, 2.75) is 59.4 Å². The van der Waals surface area contributed by atoms with E-state index < -0.39 is 0 Å². The maximum atomic E-state index is 12.5. The lowest BCUT2D eigenvalue weighted by Crippen LogP contribution is -2.44. The Bertz CT molecular complexity index is 562. The van der Waals surface area contributed by atoms with E-state index in [-0.39, 0.29) is 17.2 Å². The molecule has 0 aromatic carbocycles. The summed E-state index contributed by atoms with van der Waals surface area (Å²) in [7, 11) is 0. The van der Waals surface area contributed by atoms with Crippen molar-refractivity contribution in [3.63, 3.8) is 0 Å². The summed E-state index contributed by atoms with van der Waals surface area (Å²) < 4.78 is 0. The summed E-state index contributed by atoms with van der Waals surface area (Å²) in [4.78, 5) is 30.4. The van der Waals surface area contributed by atoms with E-state index >= 15 is 0 Å². The molecular weight excluding hydrogens is 310 g/mol. The van der Waals surface area contributed by atoms with E-state index in [0.29, 0.717) is 18.9 Å². The molecule has 1 unspecified atom stereocenters. The number of likely N-dealkylation sites (tertiary alicyclic amines) is 1. The van der Waals surface area contributed by atoms with Gasteiger partial charge in [0.2, 0.25) is 11.8 Å². The SMILES string of the molecule is CCC(=O)NCc1csc(C2CCCN(C(=O)C(C)(C)C)C2)n1. The van der Waals surface area contributed by atoms with Crippen LogP contribution in [-0.2, 0) is 16.1 Å². The van der Waals surface area contributed by atoms with Crippen molar-refractivity contribution in [3.05, 3.63) is 16.1 Å². The van der Waals surface area contributed by atoms with Gasteiger partial charge in [-0.2, -0.15) is 0 Å². The number of nitrogens with zero attached hydrogens (tertiary/aromatic N) is 2. The van der Waals surface area contributed by atoms with E-state index in [1.54, 1.807) is 11.3 Å². The first kappa shape index (κ1) is 17.9. The fraction of sp³-hybridized carbons (Fsp3) is 0.706. The van der Waals surface area contributed by atoms with Gasteiger partial charge in [0.05, 0.1) is 17.2 Å². The van der Waals surface area contributed by atoms with Crippen LogP contribution in [0.4, 0.5) is 0 Å². The van der Waals surface area contributed by atoms with E-state index in [9.17, 15) is 9.59 Å². The van der Waals surface area contributed by atoms with Crippen LogP contribution in [0, 0.1) is 5.41 Å². The smallest absolute Gasteiger partial charge is 0.227 e. The number of carbonyl (C=O) groups excluding carboxylic acids is 2. The Morgan fingerprint density at radius 1 is 1.43 bits per heavy atom. The Morgan fingerprint density at radius 2 is 2.17 bits per heavy atom. The zero-order valence-corrected chi connectivity index (χ0v) is 15.3. The molecule has 1 aliphatic rings. The molecule has 0 saturated carbocycles. The fourth-order valence-corrected chi connectivity index (χ4v) is 3.69. The summed E-state index contributed by atoms with van der Waals surface area (Å²) in [5, 5.41) is 5.94. The molecule has 1 aromatic heterocycles. The van der Waals surface area contributed by atoms with Gasteiger partial charge in [-0.05, 0) is 12.8 Å². The summed E-state index contributed by atoms with van der Waals surface area (Å²) >= 11 is 1.64. The van der Waals surface area contributed by atoms with Gasteiger partial charge in [0.15, 0.2) is 0 Å². The Hall–Kier alpha value is -1.43. The molecule has 1 N–H and O–H groups in total. The average molecular weight is 337 g/mol. The molecule has 23 heavy (non-hydrogen) atoms. The van der Waals surface area contributed by atoms with Crippen LogP contribution in [-0.4, -0.2) is 34.8 Å². The second-order valence-electron chi connectivity index (χ2n) is 7.15. The summed E-state index contributed by atoms with van der Waals surface area (Å²) in [6.45, 7) is 9.83. The molecule has 0 spiro atoms. The van der Waals surface area contributed by atoms with Gasteiger partial charge in [-0.1, -0.05) is 27.7 Å². The maximum Gasteiger partial charge on any atom is 0.227 e. The van der Waals surface area contributed by atoms with Crippen LogP contribution in [0.3, 0.4) is 0 Å². The van der Waals surface area contributed by atoms with Crippen molar-refractivity contribution >= 4 is 23.2 Å². The summed E-state index contributed by atoms with van der Waals surface area (Å²) in [6, 6.07) is 0. The number of rotatable bonds is 4. The quantitative estimate of drug-likeness (QED) is 0.919. The van der Waals surface area contributed by atoms with Gasteiger partial charge in [-0.15, -0.1) is 11.3 Å². The minimum Gasteiger partial charge on any atom is -0.350 e. The van der Waals surface area contributed by atoms with Gasteiger partial charge < -0.3 is 10.2 Å². The van der Waals surface area contributed by atoms with E-state index in [2.05, 4.69) is 10.3 Å². The van der Waals surface area contributed by atoms with Crippen molar-refractivity contribution in [2.24, 2.45) is 5.41 Å². The molecule has 128 valence electrons. The molecular formula is C17H27N3O2S. The highest BCUT2D eigenvalue weighted by molar-refractivity contribution is 7.09. The monoisotopic (exact) mass is 337 g/mol. The molecule has 1 saturated heterocycles. The van der Waals surface area contributed by atoms with Gasteiger partial charge in [0.25, 0.3) is 0 Å². The number of hydrogen-bond donors (Lipinski definition) is 1. The standard InChI is InChI=1S/C17H27N3O2S/c1-5-14(21)18-9-13-11-23-15(19-13)12-7-6-8-20(10-12)16(22)17(2,3)4/h11-12H,5-10H2,1-4H3,(H,18,21). The number of carbonyl (C=O) groups is 2. The predicted octanol–water partition coefficient (Wildman–Crippen LogP) is 2.92. The Labute approximate surface area is 142 Å². The number of thiazole rings is 1. The van der Waals surface area contributed by atoms with Crippen molar-refractivity contribution in [2.75, 3.05) is 13.1 Å². The first-order valence-corrected chi connectivity index (χ1v) is 9.19. The van der Waals surface area contributed by atoms with Crippen LogP contribution in [0.15, 0.2) is 5.38 Å². The van der Waals surface area contributed by atoms with Crippen LogP contribution in [0.5, 0.6) is 0 Å². The van der Waals surface area contributed by atoms with Crippen LogP contribution < -0.4 is 5.32 Å². The van der Waals surface area contributed by atoms with Crippen molar-refractivity contribution in [1.29, 1.82) is 0 Å². The maximum absolute atomic E-state index is 12.5. The number of nitrogens with one attached hydrogen (secondary N) is 1. The molecule has 1 aromatic rings. The third-order valence-corrected chi connectivity index (χ3v) is 5.11. The van der Waals surface area contributed by atoms with Crippen molar-refractivity contribution in [1.82, 2.24) is 15.2 Å². The number of piperidine rings is 1. The Kier molecular flexibility index (Phi) is 5.79. The van der Waals surface area contributed by atoms with Gasteiger partial charge in [-0.25, -0.2) is 4.98 Å². The highest BCUT2D eigenvalue weighted by Crippen LogP contribution is 2.31. The summed E-state index contributed by atoms with van der Waals surface area (Å²) in [6.07, 6.45) is 2.58. The first-order chi connectivity index (χ1) is 10.8. The zero-order chi connectivity index (χ0) is 17.0. The predicted molar refractivity (Wildman–Crippen MR) is 92.3 cm³/mol. The normalized spacial score (nSPS) is 18.8. The molecule has 0 radical (unpaired) electrons. The Morgan fingerprint density at radius 3 is 2.83 bits per heavy atom. The summed E-state index contributed by atoms with van der Waals surface area (Å²) in [5.74, 6) is 0.573. The number of hydrogen-bond acceptors (Lipinski definition) is 4. The van der Waals surface area contributed by atoms with Gasteiger partial charge in [-0.3, -0.25) is 9.59 Å². The van der Waals surface area contributed by atoms with Crippen LogP contribution >= 0.6 is 11.3 Å². The molecule has 1 fully saturated rings. The molecule has 0 aliphatic carbocycles.